The molecule has 0 aromatic heterocycles. The SMILES string of the molecule is COCCC(=O)N[C@@H]1CNC[C@H]1C(F)(F)F. The summed E-state index contributed by atoms with van der Waals surface area (Å²) < 4.78 is 42.2. The van der Waals surface area contributed by atoms with Crippen molar-refractivity contribution in [3.8, 4) is 0 Å². The van der Waals surface area contributed by atoms with E-state index in [0.717, 1.165) is 0 Å². The van der Waals surface area contributed by atoms with Crippen LogP contribution in [0.5, 0.6) is 0 Å². The van der Waals surface area contributed by atoms with Crippen LogP contribution in [-0.2, 0) is 9.53 Å². The Bertz CT molecular complexity index is 245. The van der Waals surface area contributed by atoms with E-state index >= 15 is 0 Å². The second-order valence-corrected chi connectivity index (χ2v) is 3.72. The lowest BCUT2D eigenvalue weighted by Crippen LogP contribution is -2.45. The molecule has 1 aliphatic rings. The number of amides is 1. The molecule has 7 heteroatoms. The number of methoxy groups -OCH3 is 1. The van der Waals surface area contributed by atoms with E-state index < -0.39 is 24.0 Å². The van der Waals surface area contributed by atoms with Crippen molar-refractivity contribution in [2.75, 3.05) is 26.8 Å². The number of hydrogen-bond acceptors (Lipinski definition) is 3. The molecule has 0 bridgehead atoms. The van der Waals surface area contributed by atoms with Crippen LogP contribution in [0.2, 0.25) is 0 Å². The average molecular weight is 240 g/mol. The van der Waals surface area contributed by atoms with Crippen molar-refractivity contribution in [3.63, 3.8) is 0 Å². The minimum absolute atomic E-state index is 0.0809. The number of alkyl halides is 3. The highest BCUT2D eigenvalue weighted by Crippen LogP contribution is 2.30. The molecule has 1 rings (SSSR count). The van der Waals surface area contributed by atoms with Crippen molar-refractivity contribution in [1.29, 1.82) is 0 Å². The van der Waals surface area contributed by atoms with Gasteiger partial charge in [-0.15, -0.1) is 0 Å². The van der Waals surface area contributed by atoms with Gasteiger partial charge < -0.3 is 15.4 Å². The highest BCUT2D eigenvalue weighted by molar-refractivity contribution is 5.76. The number of rotatable bonds is 4. The highest BCUT2D eigenvalue weighted by atomic mass is 19.4. The van der Waals surface area contributed by atoms with Crippen molar-refractivity contribution in [1.82, 2.24) is 10.6 Å². The summed E-state index contributed by atoms with van der Waals surface area (Å²) in [5, 5.41) is 4.99. The van der Waals surface area contributed by atoms with Gasteiger partial charge in [-0.2, -0.15) is 13.2 Å². The topological polar surface area (TPSA) is 50.4 Å². The molecule has 94 valence electrons. The zero-order chi connectivity index (χ0) is 12.2. The fraction of sp³-hybridized carbons (Fsp3) is 0.889. The van der Waals surface area contributed by atoms with E-state index in [9.17, 15) is 18.0 Å². The molecular weight excluding hydrogens is 225 g/mol. The summed E-state index contributed by atoms with van der Waals surface area (Å²) in [7, 11) is 1.43. The second-order valence-electron chi connectivity index (χ2n) is 3.72. The van der Waals surface area contributed by atoms with Gasteiger partial charge in [0.1, 0.15) is 0 Å². The van der Waals surface area contributed by atoms with Crippen LogP contribution in [0.1, 0.15) is 6.42 Å². The molecule has 0 aliphatic carbocycles. The predicted molar refractivity (Wildman–Crippen MR) is 50.8 cm³/mol. The van der Waals surface area contributed by atoms with Crippen LogP contribution in [0, 0.1) is 5.92 Å². The number of carbonyl (C=O) groups excluding carboxylic acids is 1. The molecule has 0 radical (unpaired) electrons. The first-order chi connectivity index (χ1) is 7.45. The lowest BCUT2D eigenvalue weighted by atomic mass is 10.0. The molecule has 1 saturated heterocycles. The Balaban J connectivity index is 2.44. The third kappa shape index (κ3) is 3.64. The molecule has 1 aliphatic heterocycles. The Labute approximate surface area is 91.5 Å². The van der Waals surface area contributed by atoms with Crippen LogP contribution in [0.3, 0.4) is 0 Å². The van der Waals surface area contributed by atoms with Gasteiger partial charge in [0.25, 0.3) is 0 Å². The number of carbonyl (C=O) groups is 1. The summed E-state index contributed by atoms with van der Waals surface area (Å²) >= 11 is 0. The highest BCUT2D eigenvalue weighted by Gasteiger charge is 2.47. The molecule has 0 spiro atoms. The smallest absolute Gasteiger partial charge is 0.384 e. The molecule has 0 aromatic rings. The maximum atomic E-state index is 12.5. The minimum Gasteiger partial charge on any atom is -0.384 e. The standard InChI is InChI=1S/C9H15F3N2O2/c1-16-3-2-8(15)14-7-5-13-4-6(7)9(10,11)12/h6-7,13H,2-5H2,1H3,(H,14,15)/t6-,7-/m1/s1. The summed E-state index contributed by atoms with van der Waals surface area (Å²) in [4.78, 5) is 11.2. The van der Waals surface area contributed by atoms with Gasteiger partial charge in [0, 0.05) is 26.6 Å². The largest absolute Gasteiger partial charge is 0.395 e. The average Bonchev–Trinajstić information content (AvgIpc) is 2.62. The number of hydrogen-bond donors (Lipinski definition) is 2. The van der Waals surface area contributed by atoms with Crippen molar-refractivity contribution < 1.29 is 22.7 Å². The third-order valence-electron chi connectivity index (χ3n) is 2.51. The molecule has 2 atom stereocenters. The summed E-state index contributed by atoms with van der Waals surface area (Å²) in [6, 6.07) is -0.871. The Morgan fingerprint density at radius 1 is 1.50 bits per heavy atom. The van der Waals surface area contributed by atoms with Crippen molar-refractivity contribution in [2.24, 2.45) is 5.92 Å². The van der Waals surface area contributed by atoms with Crippen LogP contribution in [0.15, 0.2) is 0 Å². The number of halogens is 3. The predicted octanol–water partition coefficient (Wildman–Crippen LogP) is 0.289. The first kappa shape index (κ1) is 13.2. The number of nitrogens with one attached hydrogen (secondary N) is 2. The first-order valence-electron chi connectivity index (χ1n) is 5.01. The Morgan fingerprint density at radius 2 is 2.19 bits per heavy atom. The van der Waals surface area contributed by atoms with E-state index in [0.29, 0.717) is 0 Å². The van der Waals surface area contributed by atoms with Crippen LogP contribution >= 0.6 is 0 Å². The van der Waals surface area contributed by atoms with Crippen molar-refractivity contribution in [3.05, 3.63) is 0 Å². The molecule has 16 heavy (non-hydrogen) atoms. The molecular formula is C9H15F3N2O2. The molecule has 1 heterocycles. The fourth-order valence-corrected chi connectivity index (χ4v) is 1.65. The molecule has 0 saturated carbocycles. The first-order valence-corrected chi connectivity index (χ1v) is 5.01. The maximum Gasteiger partial charge on any atom is 0.395 e. The van der Waals surface area contributed by atoms with E-state index in [1.165, 1.54) is 7.11 Å². The lowest BCUT2D eigenvalue weighted by molar-refractivity contribution is -0.174. The Morgan fingerprint density at radius 3 is 2.75 bits per heavy atom. The van der Waals surface area contributed by atoms with Gasteiger partial charge in [0.2, 0.25) is 5.91 Å². The fourth-order valence-electron chi connectivity index (χ4n) is 1.65. The quantitative estimate of drug-likeness (QED) is 0.742. The minimum atomic E-state index is -4.28. The van der Waals surface area contributed by atoms with Gasteiger partial charge in [0.05, 0.1) is 18.6 Å². The van der Waals surface area contributed by atoms with Crippen molar-refractivity contribution in [2.45, 2.75) is 18.6 Å². The van der Waals surface area contributed by atoms with Crippen LogP contribution < -0.4 is 10.6 Å². The van der Waals surface area contributed by atoms with E-state index in [-0.39, 0.29) is 26.1 Å². The van der Waals surface area contributed by atoms with Crippen molar-refractivity contribution >= 4 is 5.91 Å². The summed E-state index contributed by atoms with van der Waals surface area (Å²) in [6.07, 6.45) is -4.19. The molecule has 1 amide bonds. The zero-order valence-corrected chi connectivity index (χ0v) is 8.93. The Kier molecular flexibility index (Phi) is 4.55. The molecule has 0 unspecified atom stereocenters. The molecule has 4 nitrogen and oxygen atoms in total. The van der Waals surface area contributed by atoms with E-state index in [2.05, 4.69) is 15.4 Å². The zero-order valence-electron chi connectivity index (χ0n) is 8.93. The normalized spacial score (nSPS) is 25.8. The van der Waals surface area contributed by atoms with Crippen LogP contribution in [-0.4, -0.2) is 44.9 Å². The van der Waals surface area contributed by atoms with Gasteiger partial charge in [-0.25, -0.2) is 0 Å². The van der Waals surface area contributed by atoms with Crippen LogP contribution in [0.4, 0.5) is 13.2 Å². The van der Waals surface area contributed by atoms with E-state index in [4.69, 9.17) is 0 Å². The van der Waals surface area contributed by atoms with Gasteiger partial charge in [-0.05, 0) is 0 Å². The summed E-state index contributed by atoms with van der Waals surface area (Å²) in [5.74, 6) is -1.91. The summed E-state index contributed by atoms with van der Waals surface area (Å²) in [6.45, 7) is 0.226. The maximum absolute atomic E-state index is 12.5. The van der Waals surface area contributed by atoms with Gasteiger partial charge in [0.15, 0.2) is 0 Å². The number of ether oxygens (including phenoxy) is 1. The van der Waals surface area contributed by atoms with Gasteiger partial charge in [-0.1, -0.05) is 0 Å². The monoisotopic (exact) mass is 240 g/mol. The molecule has 0 aromatic carbocycles. The molecule has 2 N–H and O–H groups in total. The molecule has 1 fully saturated rings. The Hall–Kier alpha value is -0.820. The van der Waals surface area contributed by atoms with Gasteiger partial charge in [-0.3, -0.25) is 4.79 Å². The summed E-state index contributed by atoms with van der Waals surface area (Å²) in [5.41, 5.74) is 0. The van der Waals surface area contributed by atoms with E-state index in [1.54, 1.807) is 0 Å². The lowest BCUT2D eigenvalue weighted by Gasteiger charge is -2.22. The van der Waals surface area contributed by atoms with Crippen LogP contribution in [0.25, 0.3) is 0 Å². The third-order valence-corrected chi connectivity index (χ3v) is 2.51. The second kappa shape index (κ2) is 5.49. The van der Waals surface area contributed by atoms with E-state index in [1.807, 2.05) is 0 Å². The van der Waals surface area contributed by atoms with Gasteiger partial charge >= 0.3 is 6.18 Å².